The number of hydrogen-bond acceptors (Lipinski definition) is 3. The molecule has 0 aromatic heterocycles. The summed E-state index contributed by atoms with van der Waals surface area (Å²) in [6, 6.07) is 6.10. The standard InChI is InChI=1S/C14H18N2O3S/c1-11(17)15-12-7-9-14(10-8-12)20(18,19)16-13-5-3-2-4-6-13/h2-3,7-10,13,16H,4-6H2,1H3,(H,15,17). The van der Waals surface area contributed by atoms with Crippen molar-refractivity contribution in [1.82, 2.24) is 4.72 Å². The van der Waals surface area contributed by atoms with E-state index in [0.29, 0.717) is 5.69 Å². The maximum atomic E-state index is 12.2. The van der Waals surface area contributed by atoms with Gasteiger partial charge in [-0.2, -0.15) is 0 Å². The molecular formula is C14H18N2O3S. The minimum absolute atomic E-state index is 0.0416. The van der Waals surface area contributed by atoms with Gasteiger partial charge in [-0.05, 0) is 43.5 Å². The molecule has 6 heteroatoms. The maximum Gasteiger partial charge on any atom is 0.240 e. The van der Waals surface area contributed by atoms with Gasteiger partial charge in [0, 0.05) is 18.7 Å². The average molecular weight is 294 g/mol. The van der Waals surface area contributed by atoms with Crippen molar-refractivity contribution in [2.75, 3.05) is 5.32 Å². The number of benzene rings is 1. The van der Waals surface area contributed by atoms with Crippen LogP contribution in [0.4, 0.5) is 5.69 Å². The summed E-state index contributed by atoms with van der Waals surface area (Å²) in [6.07, 6.45) is 6.50. The highest BCUT2D eigenvalue weighted by molar-refractivity contribution is 7.89. The fourth-order valence-electron chi connectivity index (χ4n) is 2.11. The molecule has 0 bridgehead atoms. The maximum absolute atomic E-state index is 12.2. The molecule has 108 valence electrons. The second-order valence-electron chi connectivity index (χ2n) is 4.81. The van der Waals surface area contributed by atoms with Gasteiger partial charge in [0.25, 0.3) is 0 Å². The Balaban J connectivity index is 2.08. The Morgan fingerprint density at radius 3 is 2.45 bits per heavy atom. The summed E-state index contributed by atoms with van der Waals surface area (Å²) in [5, 5.41) is 2.60. The van der Waals surface area contributed by atoms with Gasteiger partial charge in [-0.25, -0.2) is 13.1 Å². The fraction of sp³-hybridized carbons (Fsp3) is 0.357. The third-order valence-corrected chi connectivity index (χ3v) is 4.61. The molecule has 1 amide bonds. The van der Waals surface area contributed by atoms with Gasteiger partial charge in [-0.3, -0.25) is 4.79 Å². The molecule has 0 heterocycles. The van der Waals surface area contributed by atoms with Crippen LogP contribution in [0.15, 0.2) is 41.3 Å². The van der Waals surface area contributed by atoms with E-state index in [0.717, 1.165) is 19.3 Å². The van der Waals surface area contributed by atoms with Crippen LogP contribution < -0.4 is 10.0 Å². The van der Waals surface area contributed by atoms with Gasteiger partial charge >= 0.3 is 0 Å². The molecule has 1 aromatic rings. The Morgan fingerprint density at radius 2 is 1.90 bits per heavy atom. The molecule has 20 heavy (non-hydrogen) atoms. The van der Waals surface area contributed by atoms with Crippen LogP contribution in [0.3, 0.4) is 0 Å². The molecule has 1 aliphatic rings. The molecule has 0 aliphatic heterocycles. The summed E-state index contributed by atoms with van der Waals surface area (Å²) in [4.78, 5) is 11.1. The monoisotopic (exact) mass is 294 g/mol. The molecule has 0 saturated carbocycles. The molecule has 1 unspecified atom stereocenters. The number of carbonyl (C=O) groups excluding carboxylic acids is 1. The summed E-state index contributed by atoms with van der Waals surface area (Å²) >= 11 is 0. The largest absolute Gasteiger partial charge is 0.326 e. The first-order chi connectivity index (χ1) is 9.47. The summed E-state index contributed by atoms with van der Waals surface area (Å²) < 4.78 is 27.1. The fourth-order valence-corrected chi connectivity index (χ4v) is 3.39. The van der Waals surface area contributed by atoms with E-state index in [4.69, 9.17) is 0 Å². The number of carbonyl (C=O) groups is 1. The lowest BCUT2D eigenvalue weighted by Gasteiger charge is -2.19. The number of rotatable bonds is 4. The first kappa shape index (κ1) is 14.7. The van der Waals surface area contributed by atoms with Crippen LogP contribution in [-0.4, -0.2) is 20.4 Å². The van der Waals surface area contributed by atoms with Crippen LogP contribution in [0, 0.1) is 0 Å². The van der Waals surface area contributed by atoms with Crippen LogP contribution in [0.5, 0.6) is 0 Å². The van der Waals surface area contributed by atoms with Gasteiger partial charge in [-0.1, -0.05) is 12.2 Å². The highest BCUT2D eigenvalue weighted by Gasteiger charge is 2.20. The first-order valence-corrected chi connectivity index (χ1v) is 8.01. The van der Waals surface area contributed by atoms with E-state index in [2.05, 4.69) is 16.1 Å². The molecule has 2 N–H and O–H groups in total. The van der Waals surface area contributed by atoms with E-state index in [1.54, 1.807) is 12.1 Å². The number of nitrogens with one attached hydrogen (secondary N) is 2. The molecular weight excluding hydrogens is 276 g/mol. The number of allylic oxidation sites excluding steroid dienone is 1. The molecule has 0 spiro atoms. The van der Waals surface area contributed by atoms with Gasteiger partial charge in [-0.15, -0.1) is 0 Å². The minimum Gasteiger partial charge on any atom is -0.326 e. The first-order valence-electron chi connectivity index (χ1n) is 6.52. The van der Waals surface area contributed by atoms with Crippen molar-refractivity contribution in [3.63, 3.8) is 0 Å². The molecule has 2 rings (SSSR count). The molecule has 0 radical (unpaired) electrons. The summed E-state index contributed by atoms with van der Waals surface area (Å²) in [6.45, 7) is 1.41. The third-order valence-electron chi connectivity index (χ3n) is 3.08. The zero-order chi connectivity index (χ0) is 14.6. The normalized spacial score (nSPS) is 18.8. The van der Waals surface area contributed by atoms with Gasteiger partial charge < -0.3 is 5.32 Å². The van der Waals surface area contributed by atoms with Crippen molar-refractivity contribution < 1.29 is 13.2 Å². The van der Waals surface area contributed by atoms with E-state index >= 15 is 0 Å². The predicted octanol–water partition coefficient (Wildman–Crippen LogP) is 2.03. The van der Waals surface area contributed by atoms with Crippen molar-refractivity contribution in [2.24, 2.45) is 0 Å². The van der Waals surface area contributed by atoms with E-state index in [1.165, 1.54) is 19.1 Å². The van der Waals surface area contributed by atoms with Crippen LogP contribution in [0.1, 0.15) is 26.2 Å². The second-order valence-corrected chi connectivity index (χ2v) is 6.52. The van der Waals surface area contributed by atoms with E-state index in [9.17, 15) is 13.2 Å². The Labute approximate surface area is 119 Å². The zero-order valence-electron chi connectivity index (χ0n) is 11.3. The van der Waals surface area contributed by atoms with Gasteiger partial charge in [0.1, 0.15) is 0 Å². The highest BCUT2D eigenvalue weighted by atomic mass is 32.2. The third kappa shape index (κ3) is 3.91. The summed E-state index contributed by atoms with van der Waals surface area (Å²) in [5.74, 6) is -0.187. The van der Waals surface area contributed by atoms with Crippen molar-refractivity contribution in [3.05, 3.63) is 36.4 Å². The Kier molecular flexibility index (Phi) is 4.57. The predicted molar refractivity (Wildman–Crippen MR) is 77.8 cm³/mol. The summed E-state index contributed by atoms with van der Waals surface area (Å²) in [7, 11) is -3.50. The molecule has 5 nitrogen and oxygen atoms in total. The van der Waals surface area contributed by atoms with Gasteiger partial charge in [0.15, 0.2) is 0 Å². The van der Waals surface area contributed by atoms with Crippen LogP contribution in [-0.2, 0) is 14.8 Å². The summed E-state index contributed by atoms with van der Waals surface area (Å²) in [5.41, 5.74) is 0.581. The number of hydrogen-bond donors (Lipinski definition) is 2. The number of anilines is 1. The van der Waals surface area contributed by atoms with Crippen molar-refractivity contribution >= 4 is 21.6 Å². The number of sulfonamides is 1. The molecule has 0 fully saturated rings. The topological polar surface area (TPSA) is 75.3 Å². The smallest absolute Gasteiger partial charge is 0.240 e. The van der Waals surface area contributed by atoms with Crippen LogP contribution in [0.25, 0.3) is 0 Å². The quantitative estimate of drug-likeness (QED) is 0.834. The molecule has 1 aliphatic carbocycles. The van der Waals surface area contributed by atoms with Gasteiger partial charge in [0.05, 0.1) is 4.90 Å². The lowest BCUT2D eigenvalue weighted by molar-refractivity contribution is -0.114. The minimum atomic E-state index is -3.50. The average Bonchev–Trinajstić information content (AvgIpc) is 2.39. The van der Waals surface area contributed by atoms with Crippen molar-refractivity contribution in [2.45, 2.75) is 37.1 Å². The van der Waals surface area contributed by atoms with E-state index in [1.807, 2.05) is 6.08 Å². The van der Waals surface area contributed by atoms with Crippen molar-refractivity contribution in [1.29, 1.82) is 0 Å². The van der Waals surface area contributed by atoms with Crippen molar-refractivity contribution in [3.8, 4) is 0 Å². The Morgan fingerprint density at radius 1 is 1.20 bits per heavy atom. The second kappa shape index (κ2) is 6.19. The highest BCUT2D eigenvalue weighted by Crippen LogP contribution is 2.17. The van der Waals surface area contributed by atoms with E-state index in [-0.39, 0.29) is 16.8 Å². The van der Waals surface area contributed by atoms with Crippen LogP contribution >= 0.6 is 0 Å². The molecule has 1 atom stereocenters. The number of amides is 1. The van der Waals surface area contributed by atoms with E-state index < -0.39 is 10.0 Å². The lowest BCUT2D eigenvalue weighted by atomic mass is 10.0. The Hall–Kier alpha value is -1.66. The molecule has 0 saturated heterocycles. The zero-order valence-corrected chi connectivity index (χ0v) is 12.1. The molecule has 1 aromatic carbocycles. The SMILES string of the molecule is CC(=O)Nc1ccc(S(=O)(=O)NC2CC=CCC2)cc1. The van der Waals surface area contributed by atoms with Crippen LogP contribution in [0.2, 0.25) is 0 Å². The Bertz CT molecular complexity index is 606. The lowest BCUT2D eigenvalue weighted by Crippen LogP contribution is -2.35. The van der Waals surface area contributed by atoms with Gasteiger partial charge in [0.2, 0.25) is 15.9 Å².